The van der Waals surface area contributed by atoms with Crippen molar-refractivity contribution in [3.05, 3.63) is 70.9 Å². The average molecular weight is 398 g/mol. The molecule has 2 aromatic carbocycles. The molecule has 0 aliphatic carbocycles. The molecular formula is C21H20ClN3O3. The molecule has 0 spiro atoms. The Morgan fingerprint density at radius 2 is 2.00 bits per heavy atom. The molecule has 144 valence electrons. The number of benzene rings is 2. The van der Waals surface area contributed by atoms with Gasteiger partial charge in [0.2, 0.25) is 5.91 Å². The van der Waals surface area contributed by atoms with E-state index < -0.39 is 0 Å². The Labute approximate surface area is 168 Å². The van der Waals surface area contributed by atoms with Gasteiger partial charge in [0, 0.05) is 30.3 Å². The van der Waals surface area contributed by atoms with Crippen LogP contribution in [0.5, 0.6) is 5.75 Å². The SMILES string of the molecule is O=C(CN1CCOc2ccccc2C1)NCc1cc(-c2ccccc2Cl)on1. The van der Waals surface area contributed by atoms with Gasteiger partial charge in [0.05, 0.1) is 18.1 Å². The van der Waals surface area contributed by atoms with Gasteiger partial charge in [-0.1, -0.05) is 47.1 Å². The van der Waals surface area contributed by atoms with E-state index in [2.05, 4.69) is 15.4 Å². The van der Waals surface area contributed by atoms with E-state index in [0.717, 1.165) is 16.9 Å². The molecule has 0 radical (unpaired) electrons. The van der Waals surface area contributed by atoms with E-state index in [4.69, 9.17) is 20.9 Å². The van der Waals surface area contributed by atoms with Crippen molar-refractivity contribution < 1.29 is 14.1 Å². The molecule has 1 amide bonds. The maximum Gasteiger partial charge on any atom is 0.234 e. The number of hydrogen-bond donors (Lipinski definition) is 1. The summed E-state index contributed by atoms with van der Waals surface area (Å²) in [7, 11) is 0. The number of fused-ring (bicyclic) bond motifs is 1. The summed E-state index contributed by atoms with van der Waals surface area (Å²) in [4.78, 5) is 14.4. The van der Waals surface area contributed by atoms with Crippen molar-refractivity contribution in [2.45, 2.75) is 13.1 Å². The van der Waals surface area contributed by atoms with Crippen LogP contribution in [0, 0.1) is 0 Å². The fourth-order valence-corrected chi connectivity index (χ4v) is 3.37. The predicted octanol–water partition coefficient (Wildman–Crippen LogP) is 3.51. The Morgan fingerprint density at radius 1 is 1.18 bits per heavy atom. The summed E-state index contributed by atoms with van der Waals surface area (Å²) < 4.78 is 11.1. The first kappa shape index (κ1) is 18.5. The van der Waals surface area contributed by atoms with Crippen LogP contribution in [0.1, 0.15) is 11.3 Å². The van der Waals surface area contributed by atoms with Crippen molar-refractivity contribution in [3.8, 4) is 17.1 Å². The minimum Gasteiger partial charge on any atom is -0.492 e. The second-order valence-corrected chi connectivity index (χ2v) is 7.01. The van der Waals surface area contributed by atoms with Gasteiger partial charge in [-0.25, -0.2) is 0 Å². The fourth-order valence-electron chi connectivity index (χ4n) is 3.15. The number of carbonyl (C=O) groups is 1. The highest BCUT2D eigenvalue weighted by Crippen LogP contribution is 2.28. The molecule has 1 N–H and O–H groups in total. The highest BCUT2D eigenvalue weighted by molar-refractivity contribution is 6.33. The van der Waals surface area contributed by atoms with Crippen LogP contribution < -0.4 is 10.1 Å². The van der Waals surface area contributed by atoms with Crippen molar-refractivity contribution in [1.82, 2.24) is 15.4 Å². The third kappa shape index (κ3) is 4.35. The zero-order valence-corrected chi connectivity index (χ0v) is 16.0. The lowest BCUT2D eigenvalue weighted by molar-refractivity contribution is -0.122. The zero-order valence-electron chi connectivity index (χ0n) is 15.2. The van der Waals surface area contributed by atoms with Gasteiger partial charge in [0.25, 0.3) is 0 Å². The lowest BCUT2D eigenvalue weighted by Crippen LogP contribution is -2.37. The highest BCUT2D eigenvalue weighted by Gasteiger charge is 2.17. The first-order valence-corrected chi connectivity index (χ1v) is 9.47. The van der Waals surface area contributed by atoms with Crippen LogP contribution in [0.15, 0.2) is 59.1 Å². The minimum absolute atomic E-state index is 0.0679. The first-order valence-electron chi connectivity index (χ1n) is 9.09. The Hall–Kier alpha value is -2.83. The number of nitrogens with one attached hydrogen (secondary N) is 1. The van der Waals surface area contributed by atoms with Crippen molar-refractivity contribution in [2.24, 2.45) is 0 Å². The second-order valence-electron chi connectivity index (χ2n) is 6.61. The van der Waals surface area contributed by atoms with Gasteiger partial charge in [0.15, 0.2) is 5.76 Å². The molecule has 1 aromatic heterocycles. The van der Waals surface area contributed by atoms with Crippen LogP contribution in [0.2, 0.25) is 5.02 Å². The van der Waals surface area contributed by atoms with E-state index in [-0.39, 0.29) is 5.91 Å². The van der Waals surface area contributed by atoms with Crippen LogP contribution >= 0.6 is 11.6 Å². The Bertz CT molecular complexity index is 973. The minimum atomic E-state index is -0.0679. The van der Waals surface area contributed by atoms with Gasteiger partial charge in [-0.3, -0.25) is 9.69 Å². The Kier molecular flexibility index (Phi) is 5.60. The molecule has 2 heterocycles. The number of para-hydroxylation sites is 1. The largest absolute Gasteiger partial charge is 0.492 e. The molecule has 1 aliphatic rings. The molecule has 0 saturated carbocycles. The maximum absolute atomic E-state index is 12.4. The standard InChI is InChI=1S/C21H20ClN3O3/c22-18-7-3-2-6-17(18)20-11-16(24-28-20)12-23-21(26)14-25-9-10-27-19-8-4-1-5-15(19)13-25/h1-8,11H,9-10,12-14H2,(H,23,26). The molecule has 3 aromatic rings. The number of aromatic nitrogens is 1. The smallest absolute Gasteiger partial charge is 0.234 e. The maximum atomic E-state index is 12.4. The van der Waals surface area contributed by atoms with Gasteiger partial charge in [0.1, 0.15) is 18.1 Å². The molecule has 6 nitrogen and oxygen atoms in total. The molecular weight excluding hydrogens is 378 g/mol. The van der Waals surface area contributed by atoms with Crippen LogP contribution in [0.25, 0.3) is 11.3 Å². The van der Waals surface area contributed by atoms with Crippen LogP contribution in [0.4, 0.5) is 0 Å². The summed E-state index contributed by atoms with van der Waals surface area (Å²) in [6.07, 6.45) is 0. The quantitative estimate of drug-likeness (QED) is 0.713. The van der Waals surface area contributed by atoms with E-state index >= 15 is 0 Å². The number of ether oxygens (including phenoxy) is 1. The van der Waals surface area contributed by atoms with Gasteiger partial charge in [-0.2, -0.15) is 0 Å². The summed E-state index contributed by atoms with van der Waals surface area (Å²) in [6.45, 7) is 2.54. The summed E-state index contributed by atoms with van der Waals surface area (Å²) in [6, 6.07) is 17.1. The van der Waals surface area contributed by atoms with E-state index in [1.165, 1.54) is 0 Å². The number of rotatable bonds is 5. The fraction of sp³-hybridized carbons (Fsp3) is 0.238. The third-order valence-corrected chi connectivity index (χ3v) is 4.89. The zero-order chi connectivity index (χ0) is 19.3. The van der Waals surface area contributed by atoms with Crippen molar-refractivity contribution >= 4 is 17.5 Å². The molecule has 0 bridgehead atoms. The molecule has 1 aliphatic heterocycles. The molecule has 0 atom stereocenters. The molecule has 0 unspecified atom stereocenters. The second kappa shape index (κ2) is 8.46. The van der Waals surface area contributed by atoms with E-state index in [1.807, 2.05) is 42.5 Å². The van der Waals surface area contributed by atoms with E-state index in [1.54, 1.807) is 12.1 Å². The number of hydrogen-bond acceptors (Lipinski definition) is 5. The van der Waals surface area contributed by atoms with Crippen molar-refractivity contribution in [1.29, 1.82) is 0 Å². The van der Waals surface area contributed by atoms with E-state index in [0.29, 0.717) is 49.3 Å². The molecule has 0 fully saturated rings. The van der Waals surface area contributed by atoms with Gasteiger partial charge >= 0.3 is 0 Å². The Morgan fingerprint density at radius 3 is 2.89 bits per heavy atom. The summed E-state index contributed by atoms with van der Waals surface area (Å²) in [5.74, 6) is 1.40. The molecule has 28 heavy (non-hydrogen) atoms. The topological polar surface area (TPSA) is 67.6 Å². The normalized spacial score (nSPS) is 14.0. The van der Waals surface area contributed by atoms with Gasteiger partial charge in [-0.05, 0) is 18.2 Å². The monoisotopic (exact) mass is 397 g/mol. The summed E-state index contributed by atoms with van der Waals surface area (Å²) >= 11 is 6.18. The van der Waals surface area contributed by atoms with Crippen molar-refractivity contribution in [2.75, 3.05) is 19.7 Å². The summed E-state index contributed by atoms with van der Waals surface area (Å²) in [5.41, 5.74) is 2.51. The average Bonchev–Trinajstić information content (AvgIpc) is 3.07. The van der Waals surface area contributed by atoms with Crippen LogP contribution in [-0.4, -0.2) is 35.7 Å². The molecule has 4 rings (SSSR count). The lowest BCUT2D eigenvalue weighted by Gasteiger charge is -2.18. The highest BCUT2D eigenvalue weighted by atomic mass is 35.5. The summed E-state index contributed by atoms with van der Waals surface area (Å²) in [5, 5.41) is 7.50. The van der Waals surface area contributed by atoms with Gasteiger partial charge in [-0.15, -0.1) is 0 Å². The Balaban J connectivity index is 1.32. The molecule has 7 heteroatoms. The number of halogens is 1. The van der Waals surface area contributed by atoms with Gasteiger partial charge < -0.3 is 14.6 Å². The van der Waals surface area contributed by atoms with Crippen LogP contribution in [-0.2, 0) is 17.9 Å². The third-order valence-electron chi connectivity index (χ3n) is 4.56. The van der Waals surface area contributed by atoms with Crippen molar-refractivity contribution in [3.63, 3.8) is 0 Å². The first-order chi connectivity index (χ1) is 13.7. The molecule has 0 saturated heterocycles. The van der Waals surface area contributed by atoms with Crippen LogP contribution in [0.3, 0.4) is 0 Å². The van der Waals surface area contributed by atoms with E-state index in [9.17, 15) is 4.79 Å². The number of nitrogens with zero attached hydrogens (tertiary/aromatic N) is 2. The number of amides is 1. The predicted molar refractivity (Wildman–Crippen MR) is 106 cm³/mol. The lowest BCUT2D eigenvalue weighted by atomic mass is 10.1. The number of carbonyl (C=O) groups excluding carboxylic acids is 1.